The second-order valence-electron chi connectivity index (χ2n) is 3.17. The van der Waals surface area contributed by atoms with E-state index in [2.05, 4.69) is 9.97 Å². The zero-order chi connectivity index (χ0) is 10.8. The number of fused-ring (bicyclic) bond motifs is 1. The third-order valence-corrected chi connectivity index (χ3v) is 2.87. The molecule has 1 aromatic carbocycles. The molecule has 78 valence electrons. The van der Waals surface area contributed by atoms with Gasteiger partial charge in [-0.3, -0.25) is 4.79 Å². The molecule has 0 atom stereocenters. The molecule has 0 amide bonds. The van der Waals surface area contributed by atoms with Gasteiger partial charge in [0.25, 0.3) is 0 Å². The number of carboxylic acid groups (broad SMARTS) is 1. The molecule has 0 saturated carbocycles. The van der Waals surface area contributed by atoms with Crippen LogP contribution in [-0.4, -0.2) is 27.3 Å². The Kier molecular flexibility index (Phi) is 2.64. The molecular weight excluding hydrogens is 212 g/mol. The van der Waals surface area contributed by atoms with Crippen molar-refractivity contribution in [1.82, 2.24) is 9.97 Å². The number of carbonyl (C=O) groups is 1. The number of H-pyrrole nitrogens is 1. The highest BCUT2D eigenvalue weighted by atomic mass is 32.2. The van der Waals surface area contributed by atoms with Crippen LogP contribution in [0.2, 0.25) is 0 Å². The number of nitrogens with zero attached hydrogens (tertiary/aromatic N) is 1. The molecule has 0 radical (unpaired) electrons. The Labute approximate surface area is 90.7 Å². The van der Waals surface area contributed by atoms with E-state index in [9.17, 15) is 4.79 Å². The van der Waals surface area contributed by atoms with Crippen molar-refractivity contribution >= 4 is 28.8 Å². The Morgan fingerprint density at radius 1 is 1.60 bits per heavy atom. The monoisotopic (exact) mass is 222 g/mol. The fraction of sp³-hybridized carbons (Fsp3) is 0.200. The van der Waals surface area contributed by atoms with Crippen LogP contribution in [0.15, 0.2) is 23.4 Å². The first-order chi connectivity index (χ1) is 7.20. The van der Waals surface area contributed by atoms with Gasteiger partial charge in [-0.15, -0.1) is 11.8 Å². The number of aliphatic carboxylic acids is 1. The van der Waals surface area contributed by atoms with Crippen LogP contribution in [0.3, 0.4) is 0 Å². The van der Waals surface area contributed by atoms with Gasteiger partial charge in [-0.2, -0.15) is 0 Å². The van der Waals surface area contributed by atoms with Gasteiger partial charge >= 0.3 is 5.97 Å². The van der Waals surface area contributed by atoms with E-state index in [0.29, 0.717) is 0 Å². The number of rotatable bonds is 3. The molecule has 0 aliphatic carbocycles. The number of imidazole rings is 1. The molecule has 2 aromatic rings. The third-order valence-electron chi connectivity index (χ3n) is 2.12. The Morgan fingerprint density at radius 2 is 2.40 bits per heavy atom. The summed E-state index contributed by atoms with van der Waals surface area (Å²) in [7, 11) is 0. The van der Waals surface area contributed by atoms with E-state index in [4.69, 9.17) is 5.11 Å². The maximum absolute atomic E-state index is 10.6. The summed E-state index contributed by atoms with van der Waals surface area (Å²) in [6.07, 6.45) is 3.62. The number of aromatic amines is 1. The molecular formula is C10H10N2O2S. The fourth-order valence-corrected chi connectivity index (χ4v) is 2.13. The molecule has 5 heteroatoms. The lowest BCUT2D eigenvalue weighted by atomic mass is 10.1. The molecule has 0 saturated heterocycles. The molecule has 15 heavy (non-hydrogen) atoms. The van der Waals surface area contributed by atoms with Crippen molar-refractivity contribution in [3.8, 4) is 0 Å². The van der Waals surface area contributed by atoms with Crippen LogP contribution >= 0.6 is 11.8 Å². The minimum atomic E-state index is -0.819. The van der Waals surface area contributed by atoms with Crippen LogP contribution in [0.4, 0.5) is 0 Å². The summed E-state index contributed by atoms with van der Waals surface area (Å²) in [5.41, 5.74) is 2.58. The third kappa shape index (κ3) is 1.97. The summed E-state index contributed by atoms with van der Waals surface area (Å²) in [5.74, 6) is -0.819. The maximum atomic E-state index is 10.6. The molecule has 0 bridgehead atoms. The van der Waals surface area contributed by atoms with Crippen LogP contribution in [0, 0.1) is 0 Å². The average Bonchev–Trinajstić information content (AvgIpc) is 2.63. The quantitative estimate of drug-likeness (QED) is 0.778. The lowest BCUT2D eigenvalue weighted by molar-refractivity contribution is -0.136. The Hall–Kier alpha value is -1.49. The number of carboxylic acids is 1. The standard InChI is InChI=1S/C10H10N2O2S/c1-15-8-3-6(4-9(13)14)2-7-10(8)12-5-11-7/h2-3,5H,4H2,1H3,(H,11,12)(H,13,14). The molecule has 0 unspecified atom stereocenters. The van der Waals surface area contributed by atoms with Crippen molar-refractivity contribution < 1.29 is 9.90 Å². The number of hydrogen-bond donors (Lipinski definition) is 2. The molecule has 4 nitrogen and oxygen atoms in total. The van der Waals surface area contributed by atoms with Crippen LogP contribution in [0.1, 0.15) is 5.56 Å². The highest BCUT2D eigenvalue weighted by molar-refractivity contribution is 7.98. The fourth-order valence-electron chi connectivity index (χ4n) is 1.51. The predicted octanol–water partition coefficient (Wildman–Crippen LogP) is 1.91. The van der Waals surface area contributed by atoms with E-state index in [0.717, 1.165) is 21.5 Å². The zero-order valence-corrected chi connectivity index (χ0v) is 8.97. The summed E-state index contributed by atoms with van der Waals surface area (Å²) in [6.45, 7) is 0. The minimum absolute atomic E-state index is 0.0442. The van der Waals surface area contributed by atoms with Crippen molar-refractivity contribution in [2.45, 2.75) is 11.3 Å². The van der Waals surface area contributed by atoms with Gasteiger partial charge in [0, 0.05) is 4.90 Å². The largest absolute Gasteiger partial charge is 0.481 e. The topological polar surface area (TPSA) is 66.0 Å². The minimum Gasteiger partial charge on any atom is -0.481 e. The van der Waals surface area contributed by atoms with E-state index in [1.807, 2.05) is 18.4 Å². The summed E-state index contributed by atoms with van der Waals surface area (Å²) in [5, 5.41) is 8.72. The highest BCUT2D eigenvalue weighted by Gasteiger charge is 2.07. The summed E-state index contributed by atoms with van der Waals surface area (Å²) in [6, 6.07) is 3.71. The molecule has 2 rings (SSSR count). The maximum Gasteiger partial charge on any atom is 0.307 e. The van der Waals surface area contributed by atoms with E-state index in [-0.39, 0.29) is 6.42 Å². The Morgan fingerprint density at radius 3 is 3.07 bits per heavy atom. The van der Waals surface area contributed by atoms with Crippen molar-refractivity contribution in [2.75, 3.05) is 6.26 Å². The SMILES string of the molecule is CSc1cc(CC(=O)O)cc2[nH]cnc12. The van der Waals surface area contributed by atoms with E-state index < -0.39 is 5.97 Å². The predicted molar refractivity (Wildman–Crippen MR) is 59.2 cm³/mol. The van der Waals surface area contributed by atoms with E-state index in [1.54, 1.807) is 18.1 Å². The van der Waals surface area contributed by atoms with Crippen LogP contribution in [0.25, 0.3) is 11.0 Å². The van der Waals surface area contributed by atoms with E-state index in [1.165, 1.54) is 0 Å². The molecule has 0 spiro atoms. The van der Waals surface area contributed by atoms with Crippen LogP contribution < -0.4 is 0 Å². The number of thioether (sulfide) groups is 1. The van der Waals surface area contributed by atoms with Crippen molar-refractivity contribution in [2.24, 2.45) is 0 Å². The second kappa shape index (κ2) is 3.94. The number of aromatic nitrogens is 2. The lowest BCUT2D eigenvalue weighted by Gasteiger charge is -2.02. The second-order valence-corrected chi connectivity index (χ2v) is 4.02. The highest BCUT2D eigenvalue weighted by Crippen LogP contribution is 2.25. The van der Waals surface area contributed by atoms with Gasteiger partial charge in [0.2, 0.25) is 0 Å². The molecule has 0 fully saturated rings. The van der Waals surface area contributed by atoms with Crippen LogP contribution in [0.5, 0.6) is 0 Å². The molecule has 1 aromatic heterocycles. The van der Waals surface area contributed by atoms with Gasteiger partial charge in [0.05, 0.1) is 18.3 Å². The van der Waals surface area contributed by atoms with Gasteiger partial charge in [-0.1, -0.05) is 0 Å². The van der Waals surface area contributed by atoms with Gasteiger partial charge in [-0.25, -0.2) is 4.98 Å². The van der Waals surface area contributed by atoms with Crippen molar-refractivity contribution in [1.29, 1.82) is 0 Å². The van der Waals surface area contributed by atoms with E-state index >= 15 is 0 Å². The average molecular weight is 222 g/mol. The smallest absolute Gasteiger partial charge is 0.307 e. The first kappa shape index (κ1) is 10.0. The molecule has 0 aliphatic heterocycles. The van der Waals surface area contributed by atoms with Gasteiger partial charge in [-0.05, 0) is 24.0 Å². The van der Waals surface area contributed by atoms with Crippen molar-refractivity contribution in [3.63, 3.8) is 0 Å². The van der Waals surface area contributed by atoms with Gasteiger partial charge < -0.3 is 10.1 Å². The Bertz CT molecular complexity index is 507. The van der Waals surface area contributed by atoms with Crippen LogP contribution in [-0.2, 0) is 11.2 Å². The van der Waals surface area contributed by atoms with Gasteiger partial charge in [0.15, 0.2) is 0 Å². The first-order valence-electron chi connectivity index (χ1n) is 4.42. The molecule has 2 N–H and O–H groups in total. The normalized spacial score (nSPS) is 10.7. The number of benzene rings is 1. The van der Waals surface area contributed by atoms with Crippen molar-refractivity contribution in [3.05, 3.63) is 24.0 Å². The molecule has 0 aliphatic rings. The number of nitrogens with one attached hydrogen (secondary N) is 1. The van der Waals surface area contributed by atoms with Gasteiger partial charge in [0.1, 0.15) is 5.52 Å². The summed E-state index contributed by atoms with van der Waals surface area (Å²) < 4.78 is 0. The first-order valence-corrected chi connectivity index (χ1v) is 5.65. The molecule has 1 heterocycles. The summed E-state index contributed by atoms with van der Waals surface area (Å²) in [4.78, 5) is 18.8. The number of hydrogen-bond acceptors (Lipinski definition) is 3. The lowest BCUT2D eigenvalue weighted by Crippen LogP contribution is -2.00. The Balaban J connectivity index is 2.53. The summed E-state index contributed by atoms with van der Waals surface area (Å²) >= 11 is 1.57. The zero-order valence-electron chi connectivity index (χ0n) is 8.15.